The van der Waals surface area contributed by atoms with Crippen molar-refractivity contribution in [1.82, 2.24) is 4.90 Å². The van der Waals surface area contributed by atoms with E-state index in [1.54, 1.807) is 12.0 Å². The molecule has 1 aliphatic heterocycles. The normalized spacial score (nSPS) is 20.1. The highest BCUT2D eigenvalue weighted by Gasteiger charge is 2.44. The molecule has 6 nitrogen and oxygen atoms in total. The van der Waals surface area contributed by atoms with Crippen LogP contribution in [0.3, 0.4) is 0 Å². The fourth-order valence-corrected chi connectivity index (χ4v) is 2.43. The van der Waals surface area contributed by atoms with Gasteiger partial charge < -0.3 is 18.9 Å². The highest BCUT2D eigenvalue weighted by atomic mass is 16.7. The predicted molar refractivity (Wildman–Crippen MR) is 80.1 cm³/mol. The zero-order chi connectivity index (χ0) is 16.0. The summed E-state index contributed by atoms with van der Waals surface area (Å²) in [4.78, 5) is 14.0. The van der Waals surface area contributed by atoms with E-state index in [-0.39, 0.29) is 19.4 Å². The minimum atomic E-state index is -0.713. The Labute approximate surface area is 130 Å². The summed E-state index contributed by atoms with van der Waals surface area (Å²) < 4.78 is 21.3. The van der Waals surface area contributed by atoms with Crippen molar-refractivity contribution >= 4 is 6.09 Å². The highest BCUT2D eigenvalue weighted by Crippen LogP contribution is 2.28. The standard InChI is InChI=1S/C16H23NO5/c1-16(2)17(14(11-22-16)10-20-12-19-3)15(18)21-9-13-7-5-4-6-8-13/h4-8,14H,9-12H2,1-3H3/t14-/m1/s1. The van der Waals surface area contributed by atoms with Crippen LogP contribution in [-0.2, 0) is 25.6 Å². The van der Waals surface area contributed by atoms with E-state index in [4.69, 9.17) is 18.9 Å². The van der Waals surface area contributed by atoms with E-state index in [0.717, 1.165) is 5.56 Å². The first-order valence-electron chi connectivity index (χ1n) is 7.25. The van der Waals surface area contributed by atoms with E-state index < -0.39 is 11.8 Å². The van der Waals surface area contributed by atoms with Gasteiger partial charge in [0.15, 0.2) is 0 Å². The first kappa shape index (κ1) is 16.7. The van der Waals surface area contributed by atoms with Gasteiger partial charge in [-0.05, 0) is 19.4 Å². The van der Waals surface area contributed by atoms with Crippen LogP contribution in [0.15, 0.2) is 30.3 Å². The maximum Gasteiger partial charge on any atom is 0.412 e. The molecule has 122 valence electrons. The van der Waals surface area contributed by atoms with Crippen molar-refractivity contribution < 1.29 is 23.7 Å². The minimum absolute atomic E-state index is 0.184. The SMILES string of the molecule is COCOC[C@@H]1COC(C)(C)N1C(=O)OCc1ccccc1. The Morgan fingerprint density at radius 1 is 1.36 bits per heavy atom. The van der Waals surface area contributed by atoms with Crippen molar-refractivity contribution in [1.29, 1.82) is 0 Å². The van der Waals surface area contributed by atoms with Gasteiger partial charge in [-0.15, -0.1) is 0 Å². The number of hydrogen-bond acceptors (Lipinski definition) is 5. The summed E-state index contributed by atoms with van der Waals surface area (Å²) in [6.45, 7) is 4.86. The summed E-state index contributed by atoms with van der Waals surface area (Å²) >= 11 is 0. The molecule has 6 heteroatoms. The number of rotatable bonds is 6. The van der Waals surface area contributed by atoms with Crippen LogP contribution >= 0.6 is 0 Å². The molecular formula is C16H23NO5. The number of methoxy groups -OCH3 is 1. The van der Waals surface area contributed by atoms with Gasteiger partial charge in [-0.3, -0.25) is 4.90 Å². The second-order valence-electron chi connectivity index (χ2n) is 5.60. The second-order valence-corrected chi connectivity index (χ2v) is 5.60. The van der Waals surface area contributed by atoms with Crippen molar-refractivity contribution in [2.75, 3.05) is 27.1 Å². The van der Waals surface area contributed by atoms with Crippen molar-refractivity contribution in [2.24, 2.45) is 0 Å². The van der Waals surface area contributed by atoms with Crippen LogP contribution in [0.5, 0.6) is 0 Å². The Morgan fingerprint density at radius 2 is 2.09 bits per heavy atom. The first-order chi connectivity index (χ1) is 10.5. The topological polar surface area (TPSA) is 57.2 Å². The van der Waals surface area contributed by atoms with E-state index in [9.17, 15) is 4.79 Å². The third kappa shape index (κ3) is 4.19. The fraction of sp³-hybridized carbons (Fsp3) is 0.562. The third-order valence-corrected chi connectivity index (χ3v) is 3.49. The van der Waals surface area contributed by atoms with E-state index in [2.05, 4.69) is 0 Å². The summed E-state index contributed by atoms with van der Waals surface area (Å²) in [5.41, 5.74) is 0.232. The van der Waals surface area contributed by atoms with Gasteiger partial charge in [0.2, 0.25) is 0 Å². The molecule has 22 heavy (non-hydrogen) atoms. The maximum atomic E-state index is 12.4. The molecule has 1 aromatic rings. The largest absolute Gasteiger partial charge is 0.444 e. The molecule has 1 saturated heterocycles. The lowest BCUT2D eigenvalue weighted by atomic mass is 10.2. The second kappa shape index (κ2) is 7.58. The van der Waals surface area contributed by atoms with Crippen molar-refractivity contribution in [3.8, 4) is 0 Å². The number of nitrogens with zero attached hydrogens (tertiary/aromatic N) is 1. The van der Waals surface area contributed by atoms with Gasteiger partial charge in [0.25, 0.3) is 0 Å². The molecule has 0 radical (unpaired) electrons. The van der Waals surface area contributed by atoms with Gasteiger partial charge in [-0.25, -0.2) is 4.79 Å². The van der Waals surface area contributed by atoms with Crippen LogP contribution in [0.2, 0.25) is 0 Å². The van der Waals surface area contributed by atoms with Crippen LogP contribution in [0.4, 0.5) is 4.79 Å². The van der Waals surface area contributed by atoms with Crippen LogP contribution in [0.25, 0.3) is 0 Å². The molecule has 0 aliphatic carbocycles. The number of benzene rings is 1. The van der Waals surface area contributed by atoms with Crippen molar-refractivity contribution in [3.05, 3.63) is 35.9 Å². The number of carbonyl (C=O) groups is 1. The maximum absolute atomic E-state index is 12.4. The molecule has 1 heterocycles. The molecule has 1 aliphatic rings. The van der Waals surface area contributed by atoms with Crippen molar-refractivity contribution in [3.63, 3.8) is 0 Å². The smallest absolute Gasteiger partial charge is 0.412 e. The average molecular weight is 309 g/mol. The fourth-order valence-electron chi connectivity index (χ4n) is 2.43. The summed E-state index contributed by atoms with van der Waals surface area (Å²) in [5, 5.41) is 0. The van der Waals surface area contributed by atoms with Crippen LogP contribution in [0.1, 0.15) is 19.4 Å². The Kier molecular flexibility index (Phi) is 5.76. The van der Waals surface area contributed by atoms with Crippen LogP contribution < -0.4 is 0 Å². The zero-order valence-corrected chi connectivity index (χ0v) is 13.3. The molecule has 1 atom stereocenters. The Morgan fingerprint density at radius 3 is 2.77 bits per heavy atom. The molecule has 0 saturated carbocycles. The Balaban J connectivity index is 1.94. The number of hydrogen-bond donors (Lipinski definition) is 0. The van der Waals surface area contributed by atoms with E-state index in [1.807, 2.05) is 44.2 Å². The van der Waals surface area contributed by atoms with Crippen molar-refractivity contribution in [2.45, 2.75) is 32.2 Å². The first-order valence-corrected chi connectivity index (χ1v) is 7.25. The lowest BCUT2D eigenvalue weighted by Gasteiger charge is -2.32. The number of ether oxygens (including phenoxy) is 4. The monoisotopic (exact) mass is 309 g/mol. The molecule has 0 bridgehead atoms. The van der Waals surface area contributed by atoms with E-state index in [0.29, 0.717) is 13.2 Å². The molecule has 0 unspecified atom stereocenters. The number of carbonyl (C=O) groups excluding carboxylic acids is 1. The Hall–Kier alpha value is -1.63. The van der Waals surface area contributed by atoms with Gasteiger partial charge in [-0.1, -0.05) is 30.3 Å². The van der Waals surface area contributed by atoms with Gasteiger partial charge in [0.1, 0.15) is 19.1 Å². The zero-order valence-electron chi connectivity index (χ0n) is 13.3. The minimum Gasteiger partial charge on any atom is -0.444 e. The summed E-state index contributed by atoms with van der Waals surface area (Å²) in [5.74, 6) is 0. The Bertz CT molecular complexity index is 477. The number of amides is 1. The molecule has 0 aromatic heterocycles. The average Bonchev–Trinajstić information content (AvgIpc) is 2.81. The summed E-state index contributed by atoms with van der Waals surface area (Å²) in [7, 11) is 1.56. The highest BCUT2D eigenvalue weighted by molar-refractivity contribution is 5.69. The van der Waals surface area contributed by atoms with E-state index in [1.165, 1.54) is 0 Å². The van der Waals surface area contributed by atoms with Crippen LogP contribution in [0, 0.1) is 0 Å². The summed E-state index contributed by atoms with van der Waals surface area (Å²) in [6, 6.07) is 9.39. The van der Waals surface area contributed by atoms with Gasteiger partial charge in [-0.2, -0.15) is 0 Å². The summed E-state index contributed by atoms with van der Waals surface area (Å²) in [6.07, 6.45) is -0.405. The molecule has 1 aromatic carbocycles. The van der Waals surface area contributed by atoms with Crippen LogP contribution in [-0.4, -0.2) is 49.9 Å². The lowest BCUT2D eigenvalue weighted by Crippen LogP contribution is -2.49. The van der Waals surface area contributed by atoms with Gasteiger partial charge in [0.05, 0.1) is 19.3 Å². The molecule has 1 fully saturated rings. The van der Waals surface area contributed by atoms with Gasteiger partial charge in [0, 0.05) is 7.11 Å². The van der Waals surface area contributed by atoms with E-state index >= 15 is 0 Å². The molecular weight excluding hydrogens is 286 g/mol. The molecule has 0 spiro atoms. The third-order valence-electron chi connectivity index (χ3n) is 3.49. The van der Waals surface area contributed by atoms with Gasteiger partial charge >= 0.3 is 6.09 Å². The lowest BCUT2D eigenvalue weighted by molar-refractivity contribution is -0.0646. The molecule has 1 amide bonds. The molecule has 0 N–H and O–H groups in total. The predicted octanol–water partition coefficient (Wildman–Crippen LogP) is 2.38. The molecule has 2 rings (SSSR count). The quantitative estimate of drug-likeness (QED) is 0.596.